The van der Waals surface area contributed by atoms with Crippen LogP contribution in [0.15, 0.2) is 50.6 Å². The average molecular weight is 679 g/mol. The van der Waals surface area contributed by atoms with Gasteiger partial charge in [0.1, 0.15) is 27.8 Å². The van der Waals surface area contributed by atoms with Crippen LogP contribution in [0, 0.1) is 0 Å². The quantitative estimate of drug-likeness (QED) is 0.370. The molecule has 0 saturated carbocycles. The standard InChI is InChI=1S/C27H29B2F6NO9S/c1-22(2)24(5)14-25(6)23(3,4)43-29(45-25)16-8-18(41-27(33,34)35)12-20(10-16)46(39,36-13-21(37)38)19-9-15(28(42-22)44-24)7-17(11-19)40-26(30,31)32/h7-12H,13-14H2,1-6H3,(H,37,38). The molecular weight excluding hydrogens is 650 g/mol. The van der Waals surface area contributed by atoms with E-state index >= 15 is 0 Å². The first-order chi connectivity index (χ1) is 20.8. The summed E-state index contributed by atoms with van der Waals surface area (Å²) >= 11 is 0. The minimum absolute atomic E-state index is 0.0783. The van der Waals surface area contributed by atoms with Crippen molar-refractivity contribution in [2.24, 2.45) is 4.36 Å². The lowest BCUT2D eigenvalue weighted by atomic mass is 9.73. The number of aliphatic carboxylic acids is 1. The van der Waals surface area contributed by atoms with Crippen LogP contribution in [0.3, 0.4) is 0 Å². The highest BCUT2D eigenvalue weighted by Gasteiger charge is 2.63. The summed E-state index contributed by atoms with van der Waals surface area (Å²) in [6, 6.07) is 5.54. The van der Waals surface area contributed by atoms with Crippen molar-refractivity contribution < 1.29 is 68.5 Å². The van der Waals surface area contributed by atoms with E-state index in [4.69, 9.17) is 18.6 Å². The van der Waals surface area contributed by atoms with Crippen molar-refractivity contribution in [1.82, 2.24) is 0 Å². The van der Waals surface area contributed by atoms with E-state index in [0.717, 1.165) is 24.3 Å². The minimum atomic E-state index is -5.22. The van der Waals surface area contributed by atoms with Gasteiger partial charge in [0.2, 0.25) is 0 Å². The van der Waals surface area contributed by atoms with E-state index in [1.807, 2.05) is 0 Å². The molecule has 2 aromatic rings. The number of benzene rings is 2. The average Bonchev–Trinajstić information content (AvgIpc) is 3.25. The molecule has 8 bridgehead atoms. The minimum Gasteiger partial charge on any atom is -0.480 e. The Kier molecular flexibility index (Phi) is 8.04. The molecule has 2 atom stereocenters. The number of carboxylic acid groups (broad SMARTS) is 1. The molecule has 2 unspecified atom stereocenters. The number of hydrogen-bond acceptors (Lipinski definition) is 9. The fourth-order valence-electron chi connectivity index (χ4n) is 5.61. The van der Waals surface area contributed by atoms with E-state index in [2.05, 4.69) is 13.8 Å². The SMILES string of the molecule is CC1(C)OB2OC1(C)CC1(C)OB(OC1(C)C)c1cc(OC(F)(F)F)cc(c1)S(=O)(=NCC(=O)O)c1cc(OC(F)(F)F)cc2c1. The number of carboxylic acids is 1. The molecule has 2 fully saturated rings. The van der Waals surface area contributed by atoms with Crippen LogP contribution in [0.2, 0.25) is 0 Å². The molecule has 1 N–H and O–H groups in total. The molecule has 10 nitrogen and oxygen atoms in total. The Balaban J connectivity index is 1.86. The van der Waals surface area contributed by atoms with Crippen molar-refractivity contribution in [2.75, 3.05) is 6.54 Å². The van der Waals surface area contributed by atoms with Crippen LogP contribution in [-0.2, 0) is 33.1 Å². The Morgan fingerprint density at radius 2 is 1.17 bits per heavy atom. The molecule has 5 rings (SSSR count). The zero-order valence-corrected chi connectivity index (χ0v) is 26.2. The number of carbonyl (C=O) groups is 1. The smallest absolute Gasteiger partial charge is 0.480 e. The lowest BCUT2D eigenvalue weighted by molar-refractivity contribution is -0.275. The third-order valence-corrected chi connectivity index (χ3v) is 10.8. The van der Waals surface area contributed by atoms with Gasteiger partial charge in [0.15, 0.2) is 0 Å². The monoisotopic (exact) mass is 679 g/mol. The number of ether oxygens (including phenoxy) is 2. The largest absolute Gasteiger partial charge is 0.573 e. The molecule has 2 saturated heterocycles. The Labute approximate surface area is 261 Å². The number of fused-ring (bicyclic) bond motifs is 10. The first-order valence-corrected chi connectivity index (χ1v) is 15.3. The molecule has 0 amide bonds. The Hall–Kier alpha value is -2.99. The summed E-state index contributed by atoms with van der Waals surface area (Å²) in [7, 11) is -7.11. The van der Waals surface area contributed by atoms with Crippen LogP contribution in [0.25, 0.3) is 0 Å². The fraction of sp³-hybridized carbons (Fsp3) is 0.519. The summed E-state index contributed by atoms with van der Waals surface area (Å²) in [4.78, 5) is 10.5. The maximum absolute atomic E-state index is 14.8. The summed E-state index contributed by atoms with van der Waals surface area (Å²) in [5.74, 6) is -3.34. The molecule has 3 heterocycles. The highest BCUT2D eigenvalue weighted by Crippen LogP contribution is 2.49. The van der Waals surface area contributed by atoms with Gasteiger partial charge in [0, 0.05) is 6.42 Å². The van der Waals surface area contributed by atoms with Crippen LogP contribution in [0.5, 0.6) is 11.5 Å². The molecule has 0 spiro atoms. The predicted octanol–water partition coefficient (Wildman–Crippen LogP) is 4.42. The molecule has 3 aliphatic rings. The summed E-state index contributed by atoms with van der Waals surface area (Å²) in [5, 5.41) is 9.40. The molecule has 0 aromatic heterocycles. The summed E-state index contributed by atoms with van der Waals surface area (Å²) in [5.41, 5.74) is -4.90. The molecule has 2 aromatic carbocycles. The highest BCUT2D eigenvalue weighted by atomic mass is 32.2. The molecule has 46 heavy (non-hydrogen) atoms. The van der Waals surface area contributed by atoms with Crippen molar-refractivity contribution in [3.05, 3.63) is 36.4 Å². The van der Waals surface area contributed by atoms with Crippen molar-refractivity contribution in [3.63, 3.8) is 0 Å². The second kappa shape index (κ2) is 10.8. The molecule has 3 aliphatic heterocycles. The first kappa shape index (κ1) is 34.3. The number of halogens is 6. The molecule has 19 heteroatoms. The van der Waals surface area contributed by atoms with Gasteiger partial charge in [-0.05, 0) is 88.9 Å². The van der Waals surface area contributed by atoms with Crippen molar-refractivity contribution in [3.8, 4) is 11.5 Å². The van der Waals surface area contributed by atoms with Gasteiger partial charge in [-0.1, -0.05) is 0 Å². The van der Waals surface area contributed by atoms with Gasteiger partial charge in [0.05, 0.1) is 32.2 Å². The summed E-state index contributed by atoms with van der Waals surface area (Å²) < 4.78 is 133. The maximum atomic E-state index is 14.8. The van der Waals surface area contributed by atoms with E-state index in [9.17, 15) is 40.5 Å². The number of alkyl halides is 6. The van der Waals surface area contributed by atoms with Crippen molar-refractivity contribution >= 4 is 40.9 Å². The molecule has 250 valence electrons. The fourth-order valence-corrected chi connectivity index (χ4v) is 7.62. The lowest BCUT2D eigenvalue weighted by Crippen LogP contribution is -2.55. The van der Waals surface area contributed by atoms with Crippen LogP contribution in [0.1, 0.15) is 48.0 Å². The number of nitrogens with zero attached hydrogens (tertiary/aromatic N) is 1. The summed E-state index contributed by atoms with van der Waals surface area (Å²) in [6.07, 6.45) is -10.4. The van der Waals surface area contributed by atoms with E-state index in [1.54, 1.807) is 41.5 Å². The number of rotatable bonds is 4. The van der Waals surface area contributed by atoms with Crippen molar-refractivity contribution in [2.45, 2.75) is 92.9 Å². The van der Waals surface area contributed by atoms with Gasteiger partial charge in [-0.25, -0.2) is 8.57 Å². The van der Waals surface area contributed by atoms with Gasteiger partial charge in [0.25, 0.3) is 0 Å². The lowest BCUT2D eigenvalue weighted by Gasteiger charge is -2.45. The van der Waals surface area contributed by atoms with Crippen LogP contribution in [0.4, 0.5) is 26.3 Å². The second-order valence-electron chi connectivity index (χ2n) is 12.6. The Morgan fingerprint density at radius 1 is 0.783 bits per heavy atom. The van der Waals surface area contributed by atoms with Crippen LogP contribution < -0.4 is 20.4 Å². The molecule has 0 aliphatic carbocycles. The topological polar surface area (TPSA) is 122 Å². The van der Waals surface area contributed by atoms with E-state index < -0.39 is 92.9 Å². The van der Waals surface area contributed by atoms with Gasteiger partial charge in [-0.3, -0.25) is 4.79 Å². The number of hydrogen-bond donors (Lipinski definition) is 1. The van der Waals surface area contributed by atoms with Crippen molar-refractivity contribution in [1.29, 1.82) is 0 Å². The predicted molar refractivity (Wildman–Crippen MR) is 151 cm³/mol. The highest BCUT2D eigenvalue weighted by molar-refractivity contribution is 7.93. The van der Waals surface area contributed by atoms with Gasteiger partial charge in [-0.2, -0.15) is 0 Å². The zero-order chi connectivity index (χ0) is 34.3. The van der Waals surface area contributed by atoms with Crippen LogP contribution in [-0.4, -0.2) is 71.2 Å². The normalized spacial score (nSPS) is 28.4. The van der Waals surface area contributed by atoms with E-state index in [1.165, 1.54) is 0 Å². The molecular formula is C27H29B2F6NO9S. The van der Waals surface area contributed by atoms with Gasteiger partial charge < -0.3 is 33.2 Å². The van der Waals surface area contributed by atoms with E-state index in [-0.39, 0.29) is 17.3 Å². The Morgan fingerprint density at radius 3 is 1.52 bits per heavy atom. The van der Waals surface area contributed by atoms with E-state index in [0.29, 0.717) is 12.1 Å². The second-order valence-corrected chi connectivity index (χ2v) is 14.8. The third kappa shape index (κ3) is 6.43. The third-order valence-electron chi connectivity index (χ3n) is 8.60. The Bertz CT molecular complexity index is 1590. The van der Waals surface area contributed by atoms with Gasteiger partial charge >= 0.3 is 32.9 Å². The summed E-state index contributed by atoms with van der Waals surface area (Å²) in [6.45, 7) is 9.05. The van der Waals surface area contributed by atoms with Crippen LogP contribution >= 0.6 is 0 Å². The zero-order valence-electron chi connectivity index (χ0n) is 25.4. The maximum Gasteiger partial charge on any atom is 0.573 e. The molecule has 0 radical (unpaired) electrons. The van der Waals surface area contributed by atoms with Gasteiger partial charge in [-0.15, -0.1) is 26.3 Å². The first-order valence-electron chi connectivity index (χ1n) is 13.8.